The summed E-state index contributed by atoms with van der Waals surface area (Å²) in [4.78, 5) is 27.0. The van der Waals surface area contributed by atoms with Crippen LogP contribution >= 0.6 is 7.82 Å². The number of nitrogens with one attached hydrogen (secondary N) is 1. The van der Waals surface area contributed by atoms with E-state index in [1.807, 2.05) is 20.8 Å². The number of hydrogen-bond donors (Lipinski definition) is 3. The number of aliphatic hydroxyl groups excluding tert-OH is 1. The number of carbonyl (C=O) groups is 1. The molecule has 0 aromatic carbocycles. The maximum Gasteiger partial charge on any atom is 0.472 e. The molecule has 0 aromatic heterocycles. The Morgan fingerprint density at radius 2 is 1.78 bits per heavy atom. The van der Waals surface area contributed by atoms with Crippen LogP contribution in [0.15, 0.2) is 5.16 Å². The summed E-state index contributed by atoms with van der Waals surface area (Å²) in [7, 11) is -4.24. The summed E-state index contributed by atoms with van der Waals surface area (Å²) < 4.78 is 21.4. The maximum atomic E-state index is 12.1. The molecule has 0 saturated heterocycles. The number of hydrogen-bond acceptors (Lipinski definition) is 7. The van der Waals surface area contributed by atoms with E-state index >= 15 is 0 Å². The van der Waals surface area contributed by atoms with Gasteiger partial charge in [-0.1, -0.05) is 19.0 Å². The number of oxime groups is 1. The van der Waals surface area contributed by atoms with Gasteiger partial charge in [-0.25, -0.2) is 4.57 Å². The molecule has 0 aliphatic heterocycles. The average molecular weight is 410 g/mol. The van der Waals surface area contributed by atoms with E-state index in [4.69, 9.17) is 13.9 Å². The molecule has 0 aromatic rings. The van der Waals surface area contributed by atoms with Crippen molar-refractivity contribution in [2.45, 2.75) is 79.6 Å². The van der Waals surface area contributed by atoms with Crippen molar-refractivity contribution >= 4 is 19.4 Å². The lowest BCUT2D eigenvalue weighted by Gasteiger charge is -2.30. The molecule has 9 nitrogen and oxygen atoms in total. The Morgan fingerprint density at radius 3 is 2.26 bits per heavy atom. The van der Waals surface area contributed by atoms with Crippen molar-refractivity contribution in [1.82, 2.24) is 5.32 Å². The molecule has 0 heterocycles. The largest absolute Gasteiger partial charge is 0.472 e. The van der Waals surface area contributed by atoms with Crippen LogP contribution in [0.4, 0.5) is 0 Å². The molecule has 1 unspecified atom stereocenters. The number of carbonyl (C=O) groups excluding carboxylic acids is 1. The van der Waals surface area contributed by atoms with Gasteiger partial charge in [0.1, 0.15) is 11.7 Å². The summed E-state index contributed by atoms with van der Waals surface area (Å²) in [5.41, 5.74) is -0.786. The summed E-state index contributed by atoms with van der Waals surface area (Å²) in [5.74, 6) is -0.606. The number of nitrogens with zero attached hydrogens (tertiary/aromatic N) is 1. The first-order valence-corrected chi connectivity index (χ1v) is 10.4. The molecule has 3 N–H and O–H groups in total. The SMILES string of the molecule is C/C(CCNC(=O)[C@@H](O)C(C)(C)COP(=O)(O)OC(C)C)=N\OC(C)(C)C. The van der Waals surface area contributed by atoms with Gasteiger partial charge in [0.25, 0.3) is 0 Å². The molecule has 0 rings (SSSR count). The molecule has 2 atom stereocenters. The van der Waals surface area contributed by atoms with Gasteiger partial charge in [0.05, 0.1) is 18.4 Å². The Bertz CT molecular complexity index is 556. The molecule has 10 heteroatoms. The fraction of sp³-hybridized carbons (Fsp3) is 0.882. The minimum atomic E-state index is -4.24. The number of rotatable bonds is 11. The van der Waals surface area contributed by atoms with Gasteiger partial charge in [0.2, 0.25) is 5.91 Å². The first kappa shape index (κ1) is 26.0. The first-order valence-electron chi connectivity index (χ1n) is 8.89. The molecule has 0 saturated carbocycles. The van der Waals surface area contributed by atoms with E-state index in [1.54, 1.807) is 34.6 Å². The Kier molecular flexibility index (Phi) is 10.1. The van der Waals surface area contributed by atoms with Crippen molar-refractivity contribution in [2.75, 3.05) is 13.2 Å². The summed E-state index contributed by atoms with van der Waals surface area (Å²) in [6, 6.07) is 0. The van der Waals surface area contributed by atoms with Crippen molar-refractivity contribution in [2.24, 2.45) is 10.6 Å². The Balaban J connectivity index is 4.51. The third-order valence-corrected chi connectivity index (χ3v) is 4.34. The van der Waals surface area contributed by atoms with Crippen molar-refractivity contribution in [3.63, 3.8) is 0 Å². The second-order valence-corrected chi connectivity index (χ2v) is 9.76. The van der Waals surface area contributed by atoms with E-state index in [1.165, 1.54) is 0 Å². The zero-order chi connectivity index (χ0) is 21.5. The number of amides is 1. The van der Waals surface area contributed by atoms with Gasteiger partial charge in [0.15, 0.2) is 0 Å². The number of phosphoric acid groups is 1. The smallest absolute Gasteiger partial charge is 0.390 e. The van der Waals surface area contributed by atoms with Crippen LogP contribution in [0, 0.1) is 5.41 Å². The number of phosphoric ester groups is 1. The van der Waals surface area contributed by atoms with Gasteiger partial charge in [-0.05, 0) is 41.5 Å². The molecule has 0 fully saturated rings. The molecule has 160 valence electrons. The van der Waals surface area contributed by atoms with Crippen molar-refractivity contribution in [3.8, 4) is 0 Å². The van der Waals surface area contributed by atoms with E-state index in [0.29, 0.717) is 12.1 Å². The van der Waals surface area contributed by atoms with Crippen molar-refractivity contribution < 1.29 is 33.2 Å². The van der Waals surface area contributed by atoms with E-state index in [2.05, 4.69) is 10.5 Å². The van der Waals surface area contributed by atoms with E-state index in [-0.39, 0.29) is 13.2 Å². The summed E-state index contributed by atoms with van der Waals surface area (Å²) in [5, 5.41) is 16.8. The quantitative estimate of drug-likeness (QED) is 0.271. The summed E-state index contributed by atoms with van der Waals surface area (Å²) >= 11 is 0. The van der Waals surface area contributed by atoms with E-state index in [9.17, 15) is 19.4 Å². The highest BCUT2D eigenvalue weighted by Gasteiger charge is 2.36. The van der Waals surface area contributed by atoms with Crippen LogP contribution < -0.4 is 5.32 Å². The van der Waals surface area contributed by atoms with Gasteiger partial charge in [-0.2, -0.15) is 0 Å². The third kappa shape index (κ3) is 12.2. The average Bonchev–Trinajstić information content (AvgIpc) is 2.48. The zero-order valence-electron chi connectivity index (χ0n) is 17.6. The lowest BCUT2D eigenvalue weighted by molar-refractivity contribution is -0.136. The molecule has 27 heavy (non-hydrogen) atoms. The highest BCUT2D eigenvalue weighted by Crippen LogP contribution is 2.46. The van der Waals surface area contributed by atoms with Crippen LogP contribution in [0.5, 0.6) is 0 Å². The maximum absolute atomic E-state index is 12.1. The van der Waals surface area contributed by atoms with Crippen molar-refractivity contribution in [1.29, 1.82) is 0 Å². The predicted molar refractivity (Wildman–Crippen MR) is 103 cm³/mol. The molecule has 1 amide bonds. The monoisotopic (exact) mass is 410 g/mol. The van der Waals surface area contributed by atoms with Gasteiger partial charge in [0, 0.05) is 18.4 Å². The van der Waals surface area contributed by atoms with Crippen LogP contribution in [0.2, 0.25) is 0 Å². The van der Waals surface area contributed by atoms with E-state index < -0.39 is 37.0 Å². The first-order chi connectivity index (χ1) is 12.1. The summed E-state index contributed by atoms with van der Waals surface area (Å²) in [6.07, 6.45) is -1.47. The van der Waals surface area contributed by atoms with Gasteiger partial charge in [-0.15, -0.1) is 0 Å². The topological polar surface area (TPSA) is 127 Å². The predicted octanol–water partition coefficient (Wildman–Crippen LogP) is 2.61. The van der Waals surface area contributed by atoms with Crippen molar-refractivity contribution in [3.05, 3.63) is 0 Å². The second-order valence-electron chi connectivity index (χ2n) is 8.36. The minimum absolute atomic E-state index is 0.268. The van der Waals surface area contributed by atoms with Crippen LogP contribution in [0.25, 0.3) is 0 Å². The number of aliphatic hydroxyl groups is 1. The fourth-order valence-corrected chi connectivity index (χ4v) is 2.79. The normalized spacial score (nSPS) is 16.8. The molecule has 0 radical (unpaired) electrons. The standard InChI is InChI=1S/C17H35N2O7P/c1-12(2)25-27(22,23)24-11-17(7,8)14(20)15(21)18-10-9-13(3)19-26-16(4,5)6/h12,14,20H,9-11H2,1-8H3,(H,18,21)(H,22,23)/b19-13+/t14-/m1/s1. The molecule has 0 spiro atoms. The third-order valence-electron chi connectivity index (χ3n) is 3.19. The van der Waals surface area contributed by atoms with Gasteiger partial charge < -0.3 is 20.2 Å². The van der Waals surface area contributed by atoms with Crippen LogP contribution in [0.3, 0.4) is 0 Å². The van der Waals surface area contributed by atoms with Gasteiger partial charge >= 0.3 is 7.82 Å². The minimum Gasteiger partial charge on any atom is -0.390 e. The highest BCUT2D eigenvalue weighted by atomic mass is 31.2. The fourth-order valence-electron chi connectivity index (χ4n) is 1.70. The summed E-state index contributed by atoms with van der Waals surface area (Å²) in [6.45, 7) is 13.6. The Morgan fingerprint density at radius 1 is 1.22 bits per heavy atom. The highest BCUT2D eigenvalue weighted by molar-refractivity contribution is 7.47. The molecule has 0 aliphatic rings. The zero-order valence-corrected chi connectivity index (χ0v) is 18.5. The second kappa shape index (κ2) is 10.5. The van der Waals surface area contributed by atoms with Crippen LogP contribution in [0.1, 0.15) is 61.8 Å². The van der Waals surface area contributed by atoms with E-state index in [0.717, 1.165) is 0 Å². The lowest BCUT2D eigenvalue weighted by Crippen LogP contribution is -2.46. The Hall–Kier alpha value is -0.990. The molecular weight excluding hydrogens is 375 g/mol. The Labute approximate surface area is 162 Å². The van der Waals surface area contributed by atoms with Crippen LogP contribution in [-0.2, 0) is 23.2 Å². The van der Waals surface area contributed by atoms with Gasteiger partial charge in [-0.3, -0.25) is 13.8 Å². The lowest BCUT2D eigenvalue weighted by atomic mass is 9.87. The van der Waals surface area contributed by atoms with Crippen LogP contribution in [-0.4, -0.2) is 52.6 Å². The molecular formula is C17H35N2O7P. The molecule has 0 bridgehead atoms. The molecule has 0 aliphatic carbocycles.